The largest absolute Gasteiger partial charge is 0.478 e. The van der Waals surface area contributed by atoms with E-state index in [1.165, 1.54) is 48.8 Å². The molecule has 0 aromatic heterocycles. The van der Waals surface area contributed by atoms with Gasteiger partial charge in [-0.2, -0.15) is 11.8 Å². The van der Waals surface area contributed by atoms with Gasteiger partial charge in [-0.25, -0.2) is 4.79 Å². The van der Waals surface area contributed by atoms with Crippen LogP contribution in [0, 0.1) is 51.2 Å². The van der Waals surface area contributed by atoms with Gasteiger partial charge in [0, 0.05) is 30.1 Å². The normalized spacial score (nSPS) is 42.0. The van der Waals surface area contributed by atoms with Crippen molar-refractivity contribution in [3.8, 4) is 0 Å². The average Bonchev–Trinajstić information content (AvgIpc) is 3.41. The number of carbonyl (C=O) groups excluding carboxylic acids is 1. The number of thioether (sulfide) groups is 1. The standard InChI is InChI=1S/C42H60N2O3S/c1-27(2)30-14-19-42(43-35(45)26-44-22-24-48-25-23-44)21-20-40(6)32(36(30)42)12-13-34-39(5)17-15-31(28-8-10-29(11-9-28)37(46)47)38(3,4)33(39)16-18-41(34,40)7/h8-11,15,30,32-34,36H,1,12-14,16-26H2,2-7H3,(H,43,45)(H,46,47). The van der Waals surface area contributed by atoms with Gasteiger partial charge in [0.25, 0.3) is 0 Å². The summed E-state index contributed by atoms with van der Waals surface area (Å²) in [5.74, 6) is 4.43. The van der Waals surface area contributed by atoms with Gasteiger partial charge in [0.2, 0.25) is 5.91 Å². The van der Waals surface area contributed by atoms with Crippen LogP contribution < -0.4 is 5.32 Å². The highest BCUT2D eigenvalue weighted by Crippen LogP contribution is 2.76. The fraction of sp³-hybridized carbons (Fsp3) is 0.714. The van der Waals surface area contributed by atoms with E-state index < -0.39 is 5.97 Å². The highest BCUT2D eigenvalue weighted by molar-refractivity contribution is 7.99. The number of carboxylic acid groups (broad SMARTS) is 1. The summed E-state index contributed by atoms with van der Waals surface area (Å²) in [4.78, 5) is 27.7. The first-order valence-corrected chi connectivity index (χ1v) is 20.1. The summed E-state index contributed by atoms with van der Waals surface area (Å²) >= 11 is 2.00. The van der Waals surface area contributed by atoms with Crippen LogP contribution in [0.5, 0.6) is 0 Å². The molecule has 2 N–H and O–H groups in total. The molecule has 0 radical (unpaired) electrons. The summed E-state index contributed by atoms with van der Waals surface area (Å²) in [5, 5.41) is 13.3. The summed E-state index contributed by atoms with van der Waals surface area (Å²) in [6, 6.07) is 7.58. The minimum absolute atomic E-state index is 0.00632. The number of nitrogens with one attached hydrogen (secondary N) is 1. The molecule has 9 atom stereocenters. The van der Waals surface area contributed by atoms with Crippen LogP contribution in [-0.4, -0.2) is 58.6 Å². The molecule has 7 rings (SSSR count). The topological polar surface area (TPSA) is 69.6 Å². The molecule has 1 aromatic carbocycles. The number of aromatic carboxylic acids is 1. The number of nitrogens with zero attached hydrogens (tertiary/aromatic N) is 1. The first-order chi connectivity index (χ1) is 22.7. The molecule has 6 aliphatic rings. The van der Waals surface area contributed by atoms with Gasteiger partial charge in [-0.3, -0.25) is 9.69 Å². The summed E-state index contributed by atoms with van der Waals surface area (Å²) in [5.41, 5.74) is 4.83. The Kier molecular flexibility index (Phi) is 8.62. The number of fused-ring (bicyclic) bond motifs is 7. The van der Waals surface area contributed by atoms with E-state index in [2.05, 4.69) is 64.4 Å². The second-order valence-electron chi connectivity index (χ2n) is 18.2. The Morgan fingerprint density at radius 2 is 1.62 bits per heavy atom. The first-order valence-electron chi connectivity index (χ1n) is 19.0. The van der Waals surface area contributed by atoms with Gasteiger partial charge in [-0.1, -0.05) is 65.0 Å². The Labute approximate surface area is 294 Å². The monoisotopic (exact) mass is 672 g/mol. The lowest BCUT2D eigenvalue weighted by Gasteiger charge is -2.72. The van der Waals surface area contributed by atoms with Crippen molar-refractivity contribution in [1.82, 2.24) is 10.2 Å². The van der Waals surface area contributed by atoms with E-state index >= 15 is 0 Å². The number of benzene rings is 1. The van der Waals surface area contributed by atoms with E-state index in [0.717, 1.165) is 50.3 Å². The SMILES string of the molecule is C=C(C)C1CCC2(NC(=O)CN3CCSCC3)CCC3(C)C(CCC4C5(C)CC=C(c6ccc(C(=O)O)cc6)C(C)(C)C5CCC43C)C12. The van der Waals surface area contributed by atoms with Gasteiger partial charge in [0.15, 0.2) is 0 Å². The van der Waals surface area contributed by atoms with Crippen molar-refractivity contribution in [2.75, 3.05) is 31.1 Å². The summed E-state index contributed by atoms with van der Waals surface area (Å²) < 4.78 is 0. The Hall–Kier alpha value is -2.05. The molecule has 5 fully saturated rings. The number of carboxylic acids is 1. The third kappa shape index (κ3) is 5.11. The summed E-state index contributed by atoms with van der Waals surface area (Å²) in [6.07, 6.45) is 13.2. The van der Waals surface area contributed by atoms with Gasteiger partial charge in [-0.15, -0.1) is 0 Å². The smallest absolute Gasteiger partial charge is 0.335 e. The van der Waals surface area contributed by atoms with Gasteiger partial charge >= 0.3 is 5.97 Å². The van der Waals surface area contributed by atoms with Gasteiger partial charge in [0.1, 0.15) is 0 Å². The molecule has 5 aliphatic carbocycles. The zero-order chi connectivity index (χ0) is 34.3. The number of hydrogen-bond acceptors (Lipinski definition) is 4. The van der Waals surface area contributed by atoms with E-state index in [1.54, 1.807) is 12.1 Å². The third-order valence-corrected chi connectivity index (χ3v) is 16.9. The maximum atomic E-state index is 13.7. The molecule has 48 heavy (non-hydrogen) atoms. The predicted octanol–water partition coefficient (Wildman–Crippen LogP) is 8.95. The number of rotatable bonds is 6. The van der Waals surface area contributed by atoms with Crippen LogP contribution in [0.2, 0.25) is 0 Å². The quantitative estimate of drug-likeness (QED) is 0.296. The van der Waals surface area contributed by atoms with Gasteiger partial charge in [-0.05, 0) is 139 Å². The van der Waals surface area contributed by atoms with Crippen molar-refractivity contribution in [2.45, 2.75) is 105 Å². The molecule has 5 nitrogen and oxygen atoms in total. The van der Waals surface area contributed by atoms with Crippen LogP contribution in [0.15, 0.2) is 42.5 Å². The number of hydrogen-bond donors (Lipinski definition) is 2. The molecule has 4 saturated carbocycles. The zero-order valence-electron chi connectivity index (χ0n) is 30.5. The van der Waals surface area contributed by atoms with E-state index in [0.29, 0.717) is 41.7 Å². The van der Waals surface area contributed by atoms with Gasteiger partial charge in [0.05, 0.1) is 12.1 Å². The molecule has 9 unspecified atom stereocenters. The molecule has 6 heteroatoms. The van der Waals surface area contributed by atoms with Crippen molar-refractivity contribution in [3.63, 3.8) is 0 Å². The van der Waals surface area contributed by atoms with E-state index in [4.69, 9.17) is 0 Å². The molecule has 1 aliphatic heterocycles. The maximum absolute atomic E-state index is 13.7. The van der Waals surface area contributed by atoms with E-state index in [1.807, 2.05) is 23.9 Å². The molecule has 0 spiro atoms. The Bertz CT molecular complexity index is 1490. The lowest BCUT2D eigenvalue weighted by Crippen LogP contribution is -2.68. The summed E-state index contributed by atoms with van der Waals surface area (Å²) in [6.45, 7) is 22.3. The van der Waals surface area contributed by atoms with Crippen LogP contribution in [0.25, 0.3) is 5.57 Å². The second-order valence-corrected chi connectivity index (χ2v) is 19.4. The zero-order valence-corrected chi connectivity index (χ0v) is 31.3. The van der Waals surface area contributed by atoms with Crippen molar-refractivity contribution >= 4 is 29.2 Å². The van der Waals surface area contributed by atoms with Crippen LogP contribution >= 0.6 is 11.8 Å². The maximum Gasteiger partial charge on any atom is 0.335 e. The average molecular weight is 673 g/mol. The van der Waals surface area contributed by atoms with Crippen molar-refractivity contribution in [2.24, 2.45) is 51.2 Å². The fourth-order valence-corrected chi connectivity index (χ4v) is 14.5. The van der Waals surface area contributed by atoms with Crippen LogP contribution in [0.3, 0.4) is 0 Å². The predicted molar refractivity (Wildman–Crippen MR) is 198 cm³/mol. The first kappa shape index (κ1) is 34.4. The minimum atomic E-state index is -0.868. The Morgan fingerprint density at radius 3 is 2.29 bits per heavy atom. The molecular weight excluding hydrogens is 613 g/mol. The highest BCUT2D eigenvalue weighted by Gasteiger charge is 2.70. The van der Waals surface area contributed by atoms with Crippen LogP contribution in [-0.2, 0) is 4.79 Å². The lowest BCUT2D eigenvalue weighted by molar-refractivity contribution is -0.219. The Morgan fingerprint density at radius 1 is 0.917 bits per heavy atom. The van der Waals surface area contributed by atoms with Gasteiger partial charge < -0.3 is 10.4 Å². The number of allylic oxidation sites excluding steroid dienone is 3. The summed E-state index contributed by atoms with van der Waals surface area (Å²) in [7, 11) is 0. The molecule has 1 amide bonds. The molecule has 262 valence electrons. The van der Waals surface area contributed by atoms with E-state index in [9.17, 15) is 14.7 Å². The molecule has 1 heterocycles. The second kappa shape index (κ2) is 12.0. The van der Waals surface area contributed by atoms with Crippen molar-refractivity contribution < 1.29 is 14.7 Å². The minimum Gasteiger partial charge on any atom is -0.478 e. The fourth-order valence-electron chi connectivity index (χ4n) is 13.5. The van der Waals surface area contributed by atoms with E-state index in [-0.39, 0.29) is 33.1 Å². The number of amides is 1. The van der Waals surface area contributed by atoms with Crippen LogP contribution in [0.1, 0.15) is 115 Å². The molecule has 0 bridgehead atoms. The molecule has 1 aromatic rings. The lowest BCUT2D eigenvalue weighted by atomic mass is 9.33. The molecule has 1 saturated heterocycles. The highest BCUT2D eigenvalue weighted by atomic mass is 32.2. The van der Waals surface area contributed by atoms with Crippen molar-refractivity contribution in [1.29, 1.82) is 0 Å². The van der Waals surface area contributed by atoms with Crippen LogP contribution in [0.4, 0.5) is 0 Å². The molecular formula is C42H60N2O3S. The van der Waals surface area contributed by atoms with Crippen molar-refractivity contribution in [3.05, 3.63) is 53.6 Å². The Balaban J connectivity index is 1.18. The third-order valence-electron chi connectivity index (χ3n) is 15.9. The number of carbonyl (C=O) groups is 2.